The molecular weight excluding hydrogens is 384 g/mol. The number of benzene rings is 2. The van der Waals surface area contributed by atoms with E-state index in [0.29, 0.717) is 19.7 Å². The molecule has 1 aliphatic heterocycles. The largest absolute Gasteiger partial charge is 0.370 e. The van der Waals surface area contributed by atoms with Gasteiger partial charge in [-0.15, -0.1) is 11.8 Å². The first-order valence-electron chi connectivity index (χ1n) is 9.73. The fourth-order valence-electron chi connectivity index (χ4n) is 3.50. The molecule has 1 amide bonds. The first-order chi connectivity index (χ1) is 14.1. The molecule has 29 heavy (non-hydrogen) atoms. The van der Waals surface area contributed by atoms with Gasteiger partial charge < -0.3 is 14.2 Å². The van der Waals surface area contributed by atoms with Gasteiger partial charge in [-0.05, 0) is 31.5 Å². The maximum absolute atomic E-state index is 13.3. The van der Waals surface area contributed by atoms with Crippen LogP contribution in [0.3, 0.4) is 0 Å². The van der Waals surface area contributed by atoms with Gasteiger partial charge in [-0.1, -0.05) is 47.6 Å². The summed E-state index contributed by atoms with van der Waals surface area (Å²) in [5, 5.41) is 4.02. The summed E-state index contributed by atoms with van der Waals surface area (Å²) < 4.78 is 11.2. The molecule has 0 bridgehead atoms. The van der Waals surface area contributed by atoms with Gasteiger partial charge in [-0.25, -0.2) is 0 Å². The predicted octanol–water partition coefficient (Wildman–Crippen LogP) is 4.80. The van der Waals surface area contributed by atoms with E-state index < -0.39 is 0 Å². The number of thioether (sulfide) groups is 1. The van der Waals surface area contributed by atoms with Crippen molar-refractivity contribution >= 4 is 17.7 Å². The first-order valence-corrected chi connectivity index (χ1v) is 10.7. The Hall–Kier alpha value is -2.57. The van der Waals surface area contributed by atoms with Crippen LogP contribution in [0.2, 0.25) is 0 Å². The summed E-state index contributed by atoms with van der Waals surface area (Å²) in [4.78, 5) is 16.2. The molecule has 1 saturated heterocycles. The second-order valence-electron chi connectivity index (χ2n) is 7.11. The predicted molar refractivity (Wildman–Crippen MR) is 113 cm³/mol. The highest BCUT2D eigenvalue weighted by atomic mass is 32.2. The minimum absolute atomic E-state index is 0.0519. The lowest BCUT2D eigenvalue weighted by molar-refractivity contribution is -0.0229. The molecule has 2 heterocycles. The highest BCUT2D eigenvalue weighted by Gasteiger charge is 2.27. The van der Waals surface area contributed by atoms with Gasteiger partial charge in [0.2, 0.25) is 0 Å². The monoisotopic (exact) mass is 408 g/mol. The number of carbonyl (C=O) groups is 1. The zero-order valence-electron chi connectivity index (χ0n) is 16.6. The number of amides is 1. The summed E-state index contributed by atoms with van der Waals surface area (Å²) >= 11 is 1.64. The van der Waals surface area contributed by atoms with Crippen molar-refractivity contribution in [3.05, 3.63) is 82.7 Å². The lowest BCUT2D eigenvalue weighted by Crippen LogP contribution is -2.42. The van der Waals surface area contributed by atoms with E-state index in [-0.39, 0.29) is 12.0 Å². The maximum atomic E-state index is 13.3. The molecule has 1 atom stereocenters. The molecule has 4 rings (SSSR count). The number of aromatic nitrogens is 1. The van der Waals surface area contributed by atoms with Gasteiger partial charge >= 0.3 is 0 Å². The first kappa shape index (κ1) is 19.7. The van der Waals surface area contributed by atoms with Crippen LogP contribution in [-0.2, 0) is 10.5 Å². The average Bonchev–Trinajstić information content (AvgIpc) is 3.10. The number of morpholine rings is 1. The molecule has 1 aromatic heterocycles. The summed E-state index contributed by atoms with van der Waals surface area (Å²) in [5.74, 6) is 1.61. The van der Waals surface area contributed by atoms with Crippen molar-refractivity contribution in [2.45, 2.75) is 30.6 Å². The molecule has 3 aromatic rings. The molecule has 5 nitrogen and oxygen atoms in total. The normalized spacial score (nSPS) is 16.8. The van der Waals surface area contributed by atoms with Gasteiger partial charge in [-0.2, -0.15) is 0 Å². The van der Waals surface area contributed by atoms with Gasteiger partial charge in [0, 0.05) is 22.8 Å². The summed E-state index contributed by atoms with van der Waals surface area (Å²) in [6.45, 7) is 5.57. The minimum Gasteiger partial charge on any atom is -0.370 e. The second-order valence-corrected chi connectivity index (χ2v) is 8.13. The number of rotatable bonds is 5. The van der Waals surface area contributed by atoms with E-state index in [1.807, 2.05) is 73.3 Å². The minimum atomic E-state index is -0.0870. The topological polar surface area (TPSA) is 55.6 Å². The van der Waals surface area contributed by atoms with E-state index in [0.717, 1.165) is 38.8 Å². The van der Waals surface area contributed by atoms with Crippen LogP contribution in [0.1, 0.15) is 39.0 Å². The Morgan fingerprint density at radius 2 is 1.90 bits per heavy atom. The third-order valence-corrected chi connectivity index (χ3v) is 6.30. The number of nitrogens with zero attached hydrogens (tertiary/aromatic N) is 2. The molecule has 1 unspecified atom stereocenters. The lowest BCUT2D eigenvalue weighted by atomic mass is 10.1. The molecule has 0 aliphatic carbocycles. The zero-order chi connectivity index (χ0) is 20.2. The third kappa shape index (κ3) is 4.38. The summed E-state index contributed by atoms with van der Waals surface area (Å²) in [6, 6.07) is 17.9. The van der Waals surface area contributed by atoms with Crippen LogP contribution in [-0.4, -0.2) is 35.7 Å². The van der Waals surface area contributed by atoms with Crippen molar-refractivity contribution in [3.63, 3.8) is 0 Å². The van der Waals surface area contributed by atoms with Crippen molar-refractivity contribution < 1.29 is 14.1 Å². The Labute approximate surface area is 175 Å². The molecule has 0 N–H and O–H groups in total. The van der Waals surface area contributed by atoms with Crippen molar-refractivity contribution in [2.24, 2.45) is 0 Å². The SMILES string of the molecule is Cc1noc(C)c1CSc1ccccc1C(=O)N1CCOC(c2ccccc2)C1. The Bertz CT molecular complexity index is 967. The van der Waals surface area contributed by atoms with Gasteiger partial charge in [0.1, 0.15) is 11.9 Å². The lowest BCUT2D eigenvalue weighted by Gasteiger charge is -2.33. The Kier molecular flexibility index (Phi) is 6.02. The number of carbonyl (C=O) groups excluding carboxylic acids is 1. The molecule has 0 saturated carbocycles. The maximum Gasteiger partial charge on any atom is 0.255 e. The van der Waals surface area contributed by atoms with Crippen LogP contribution in [0.4, 0.5) is 0 Å². The highest BCUT2D eigenvalue weighted by Crippen LogP contribution is 2.30. The van der Waals surface area contributed by atoms with E-state index in [4.69, 9.17) is 9.26 Å². The summed E-state index contributed by atoms with van der Waals surface area (Å²) in [7, 11) is 0. The van der Waals surface area contributed by atoms with Crippen LogP contribution in [0.15, 0.2) is 64.0 Å². The number of hydrogen-bond acceptors (Lipinski definition) is 5. The van der Waals surface area contributed by atoms with Gasteiger partial charge in [0.25, 0.3) is 5.91 Å². The average molecular weight is 409 g/mol. The van der Waals surface area contributed by atoms with Gasteiger partial charge in [0.15, 0.2) is 0 Å². The van der Waals surface area contributed by atoms with Crippen molar-refractivity contribution in [3.8, 4) is 0 Å². The molecular formula is C23H24N2O3S. The molecule has 2 aromatic carbocycles. The van der Waals surface area contributed by atoms with E-state index in [2.05, 4.69) is 5.16 Å². The number of aryl methyl sites for hydroxylation is 2. The third-order valence-electron chi connectivity index (χ3n) is 5.20. The Morgan fingerprint density at radius 1 is 1.14 bits per heavy atom. The second kappa shape index (κ2) is 8.84. The molecule has 150 valence electrons. The van der Waals surface area contributed by atoms with Gasteiger partial charge in [-0.3, -0.25) is 4.79 Å². The molecule has 6 heteroatoms. The van der Waals surface area contributed by atoms with Crippen LogP contribution in [0.25, 0.3) is 0 Å². The van der Waals surface area contributed by atoms with Crippen molar-refractivity contribution in [2.75, 3.05) is 19.7 Å². The fraction of sp³-hybridized carbons (Fsp3) is 0.304. The standard InChI is InChI=1S/C23H24N2O3S/c1-16-20(17(2)28-24-16)15-29-22-11-7-6-10-19(22)23(26)25-12-13-27-21(14-25)18-8-4-3-5-9-18/h3-11,21H,12-15H2,1-2H3. The highest BCUT2D eigenvalue weighted by molar-refractivity contribution is 7.98. The Balaban J connectivity index is 1.50. The molecule has 1 aliphatic rings. The van der Waals surface area contributed by atoms with E-state index in [1.165, 1.54) is 0 Å². The van der Waals surface area contributed by atoms with Crippen molar-refractivity contribution in [1.82, 2.24) is 10.1 Å². The molecule has 0 spiro atoms. The fourth-order valence-corrected chi connectivity index (χ4v) is 4.70. The Morgan fingerprint density at radius 3 is 2.66 bits per heavy atom. The van der Waals surface area contributed by atoms with E-state index >= 15 is 0 Å². The number of hydrogen-bond donors (Lipinski definition) is 0. The number of ether oxygens (including phenoxy) is 1. The van der Waals surface area contributed by atoms with Gasteiger partial charge in [0.05, 0.1) is 24.4 Å². The van der Waals surface area contributed by atoms with E-state index in [9.17, 15) is 4.79 Å². The molecule has 1 fully saturated rings. The summed E-state index contributed by atoms with van der Waals surface area (Å²) in [6.07, 6.45) is -0.0870. The van der Waals surface area contributed by atoms with Crippen LogP contribution in [0, 0.1) is 13.8 Å². The smallest absolute Gasteiger partial charge is 0.255 e. The van der Waals surface area contributed by atoms with Crippen molar-refractivity contribution in [1.29, 1.82) is 0 Å². The van der Waals surface area contributed by atoms with Crippen LogP contribution < -0.4 is 0 Å². The quantitative estimate of drug-likeness (QED) is 0.568. The van der Waals surface area contributed by atoms with Crippen LogP contribution >= 0.6 is 11.8 Å². The molecule has 0 radical (unpaired) electrons. The zero-order valence-corrected chi connectivity index (χ0v) is 17.4. The van der Waals surface area contributed by atoms with Crippen LogP contribution in [0.5, 0.6) is 0 Å². The summed E-state index contributed by atoms with van der Waals surface area (Å²) in [5.41, 5.74) is 3.83. The van der Waals surface area contributed by atoms with E-state index in [1.54, 1.807) is 11.8 Å².